The average Bonchev–Trinajstić information content (AvgIpc) is 2.95. The van der Waals surface area contributed by atoms with Crippen LogP contribution in [0.1, 0.15) is 12.5 Å². The van der Waals surface area contributed by atoms with E-state index in [-0.39, 0.29) is 34.4 Å². The molecule has 3 aromatic rings. The molecule has 0 aliphatic carbocycles. The number of halogens is 1. The van der Waals surface area contributed by atoms with Crippen molar-refractivity contribution >= 4 is 52.8 Å². The molecule has 3 aromatic carbocycles. The predicted molar refractivity (Wildman–Crippen MR) is 152 cm³/mol. The smallest absolute Gasteiger partial charge is 0.335 e. The number of imide groups is 2. The summed E-state index contributed by atoms with van der Waals surface area (Å²) in [5, 5.41) is 4.94. The van der Waals surface area contributed by atoms with Crippen molar-refractivity contribution in [3.63, 3.8) is 0 Å². The van der Waals surface area contributed by atoms with Crippen molar-refractivity contribution in [1.29, 1.82) is 0 Å². The summed E-state index contributed by atoms with van der Waals surface area (Å²) < 4.78 is 21.7. The summed E-state index contributed by atoms with van der Waals surface area (Å²) >= 11 is 6.48. The van der Waals surface area contributed by atoms with E-state index in [1.54, 1.807) is 43.3 Å². The van der Waals surface area contributed by atoms with E-state index in [1.165, 1.54) is 44.6 Å². The first-order valence-corrected chi connectivity index (χ1v) is 12.7. The number of nitrogens with zero attached hydrogens (tertiary/aromatic N) is 1. The zero-order valence-corrected chi connectivity index (χ0v) is 23.1. The van der Waals surface area contributed by atoms with E-state index >= 15 is 0 Å². The predicted octanol–water partition coefficient (Wildman–Crippen LogP) is 4.44. The standard InChI is InChI=1S/C29H26ClN3O8/c1-4-40-24-15-17(14-21(30)26(24)41-16-25(34)31-22-7-5-6-8-23(22)39-3)13-20-27(35)32-29(37)33(28(20)36)18-9-11-19(38-2)12-10-18/h5-15H,4,16H2,1-3H3,(H,31,34)(H,32,35,37)/b20-13+. The van der Waals surface area contributed by atoms with Crippen LogP contribution in [0.4, 0.5) is 16.2 Å². The molecule has 1 aliphatic heterocycles. The quantitative estimate of drug-likeness (QED) is 0.266. The van der Waals surface area contributed by atoms with Gasteiger partial charge < -0.3 is 24.3 Å². The SMILES string of the molecule is CCOc1cc(/C=C2\C(=O)NC(=O)N(c3ccc(OC)cc3)C2=O)cc(Cl)c1OCC(=O)Nc1ccccc1OC. The molecule has 0 spiro atoms. The highest BCUT2D eigenvalue weighted by molar-refractivity contribution is 6.39. The summed E-state index contributed by atoms with van der Waals surface area (Å²) in [6.45, 7) is 1.59. The molecule has 0 atom stereocenters. The zero-order valence-electron chi connectivity index (χ0n) is 22.4. The van der Waals surface area contributed by atoms with E-state index in [4.69, 9.17) is 30.5 Å². The number of hydrogen-bond acceptors (Lipinski definition) is 8. The van der Waals surface area contributed by atoms with E-state index in [0.717, 1.165) is 4.90 Å². The Morgan fingerprint density at radius 3 is 2.39 bits per heavy atom. The van der Waals surface area contributed by atoms with E-state index < -0.39 is 30.4 Å². The molecule has 5 amide bonds. The summed E-state index contributed by atoms with van der Waals surface area (Å²) in [7, 11) is 2.98. The van der Waals surface area contributed by atoms with Gasteiger partial charge in [0.25, 0.3) is 17.7 Å². The third-order valence-electron chi connectivity index (χ3n) is 5.80. The summed E-state index contributed by atoms with van der Waals surface area (Å²) in [6, 6.07) is 15.2. The lowest BCUT2D eigenvalue weighted by Crippen LogP contribution is -2.54. The number of para-hydroxylation sites is 2. The highest BCUT2D eigenvalue weighted by atomic mass is 35.5. The lowest BCUT2D eigenvalue weighted by molar-refractivity contribution is -0.122. The van der Waals surface area contributed by atoms with Crippen molar-refractivity contribution in [1.82, 2.24) is 5.32 Å². The summed E-state index contributed by atoms with van der Waals surface area (Å²) in [4.78, 5) is 51.8. The number of hydrogen-bond donors (Lipinski definition) is 2. The van der Waals surface area contributed by atoms with Crippen molar-refractivity contribution in [3.8, 4) is 23.0 Å². The van der Waals surface area contributed by atoms with Crippen LogP contribution in [0.5, 0.6) is 23.0 Å². The molecule has 11 nitrogen and oxygen atoms in total. The minimum absolute atomic E-state index is 0.0691. The molecule has 1 heterocycles. The van der Waals surface area contributed by atoms with Gasteiger partial charge >= 0.3 is 6.03 Å². The minimum Gasteiger partial charge on any atom is -0.497 e. The van der Waals surface area contributed by atoms with Crippen LogP contribution in [0, 0.1) is 0 Å². The minimum atomic E-state index is -0.884. The first-order chi connectivity index (χ1) is 19.7. The van der Waals surface area contributed by atoms with Crippen LogP contribution >= 0.6 is 11.6 Å². The Labute approximate surface area is 240 Å². The topological polar surface area (TPSA) is 132 Å². The van der Waals surface area contributed by atoms with E-state index in [0.29, 0.717) is 22.7 Å². The molecule has 0 bridgehead atoms. The van der Waals surface area contributed by atoms with Gasteiger partial charge in [-0.05, 0) is 67.1 Å². The van der Waals surface area contributed by atoms with Gasteiger partial charge in [0, 0.05) is 0 Å². The molecule has 212 valence electrons. The molecule has 0 saturated carbocycles. The zero-order chi connectivity index (χ0) is 29.5. The average molecular weight is 580 g/mol. The molecule has 0 aromatic heterocycles. The number of rotatable bonds is 10. The first-order valence-electron chi connectivity index (χ1n) is 12.3. The molecule has 1 saturated heterocycles. The summed E-state index contributed by atoms with van der Waals surface area (Å²) in [5.41, 5.74) is 0.741. The summed E-state index contributed by atoms with van der Waals surface area (Å²) in [5.74, 6) is -0.863. The Bertz CT molecular complexity index is 1520. The van der Waals surface area contributed by atoms with Crippen LogP contribution < -0.4 is 34.5 Å². The van der Waals surface area contributed by atoms with Gasteiger partial charge in [-0.15, -0.1) is 0 Å². The van der Waals surface area contributed by atoms with E-state index in [2.05, 4.69) is 10.6 Å². The van der Waals surface area contributed by atoms with Crippen LogP contribution in [0.3, 0.4) is 0 Å². The van der Waals surface area contributed by atoms with Crippen LogP contribution in [0.15, 0.2) is 66.2 Å². The molecule has 41 heavy (non-hydrogen) atoms. The first kappa shape index (κ1) is 29.0. The van der Waals surface area contributed by atoms with E-state index in [9.17, 15) is 19.2 Å². The van der Waals surface area contributed by atoms with Gasteiger partial charge in [-0.2, -0.15) is 0 Å². The lowest BCUT2D eigenvalue weighted by atomic mass is 10.1. The Morgan fingerprint density at radius 1 is 0.976 bits per heavy atom. The monoisotopic (exact) mass is 579 g/mol. The van der Waals surface area contributed by atoms with Crippen molar-refractivity contribution < 1.29 is 38.1 Å². The second-order valence-electron chi connectivity index (χ2n) is 8.46. The van der Waals surface area contributed by atoms with Gasteiger partial charge in [0.2, 0.25) is 0 Å². The van der Waals surface area contributed by atoms with E-state index in [1.807, 2.05) is 0 Å². The molecular formula is C29H26ClN3O8. The molecule has 12 heteroatoms. The number of benzene rings is 3. The molecule has 0 radical (unpaired) electrons. The molecule has 2 N–H and O–H groups in total. The fourth-order valence-electron chi connectivity index (χ4n) is 3.94. The number of anilines is 2. The van der Waals surface area contributed by atoms with Crippen LogP contribution in [0.2, 0.25) is 5.02 Å². The van der Waals surface area contributed by atoms with Gasteiger partial charge in [0.1, 0.15) is 17.1 Å². The number of barbiturate groups is 1. The maximum absolute atomic E-state index is 13.2. The lowest BCUT2D eigenvalue weighted by Gasteiger charge is -2.26. The Hall–Kier alpha value is -5.03. The number of carbonyl (C=O) groups is 4. The highest BCUT2D eigenvalue weighted by Gasteiger charge is 2.37. The Kier molecular flexibility index (Phi) is 9.10. The second kappa shape index (κ2) is 12.9. The summed E-state index contributed by atoms with van der Waals surface area (Å²) in [6.07, 6.45) is 1.28. The van der Waals surface area contributed by atoms with Crippen LogP contribution in [-0.4, -0.2) is 51.2 Å². The Balaban J connectivity index is 1.57. The van der Waals surface area contributed by atoms with Gasteiger partial charge in [-0.1, -0.05) is 23.7 Å². The number of ether oxygens (including phenoxy) is 4. The van der Waals surface area contributed by atoms with Crippen molar-refractivity contribution in [3.05, 3.63) is 76.8 Å². The second-order valence-corrected chi connectivity index (χ2v) is 8.86. The number of nitrogens with one attached hydrogen (secondary N) is 2. The number of carbonyl (C=O) groups excluding carboxylic acids is 4. The fraction of sp³-hybridized carbons (Fsp3) is 0.172. The number of urea groups is 1. The van der Waals surface area contributed by atoms with Crippen LogP contribution in [0.25, 0.3) is 6.08 Å². The third kappa shape index (κ3) is 6.59. The van der Waals surface area contributed by atoms with Crippen molar-refractivity contribution in [2.75, 3.05) is 37.7 Å². The van der Waals surface area contributed by atoms with Gasteiger partial charge in [-0.3, -0.25) is 19.7 Å². The maximum Gasteiger partial charge on any atom is 0.335 e. The van der Waals surface area contributed by atoms with Crippen LogP contribution in [-0.2, 0) is 14.4 Å². The normalized spacial score (nSPS) is 14.0. The highest BCUT2D eigenvalue weighted by Crippen LogP contribution is 2.38. The van der Waals surface area contributed by atoms with Crippen molar-refractivity contribution in [2.24, 2.45) is 0 Å². The molecule has 1 fully saturated rings. The third-order valence-corrected chi connectivity index (χ3v) is 6.08. The number of methoxy groups -OCH3 is 2. The molecular weight excluding hydrogens is 554 g/mol. The molecule has 4 rings (SSSR count). The fourth-order valence-corrected chi connectivity index (χ4v) is 4.21. The van der Waals surface area contributed by atoms with Crippen molar-refractivity contribution in [2.45, 2.75) is 6.92 Å². The van der Waals surface area contributed by atoms with Gasteiger partial charge in [0.05, 0.1) is 37.2 Å². The molecule has 0 unspecified atom stereocenters. The van der Waals surface area contributed by atoms with Gasteiger partial charge in [0.15, 0.2) is 18.1 Å². The largest absolute Gasteiger partial charge is 0.497 e. The number of amides is 5. The molecule has 1 aliphatic rings. The maximum atomic E-state index is 13.2. The Morgan fingerprint density at radius 2 is 1.71 bits per heavy atom. The van der Waals surface area contributed by atoms with Gasteiger partial charge in [-0.25, -0.2) is 9.69 Å².